The van der Waals surface area contributed by atoms with Crippen molar-refractivity contribution < 1.29 is 13.2 Å². The van der Waals surface area contributed by atoms with E-state index in [4.69, 9.17) is 10.5 Å². The number of sulfonamides is 1. The van der Waals surface area contributed by atoms with Crippen LogP contribution in [-0.4, -0.2) is 63.9 Å². The second kappa shape index (κ2) is 9.24. The third kappa shape index (κ3) is 6.97. The van der Waals surface area contributed by atoms with E-state index in [2.05, 4.69) is 9.71 Å². The Morgan fingerprint density at radius 3 is 2.68 bits per heavy atom. The van der Waals surface area contributed by atoms with Gasteiger partial charge in [0.25, 0.3) is 0 Å². The van der Waals surface area contributed by atoms with Crippen LogP contribution in [0.1, 0.15) is 32.1 Å². The Labute approximate surface area is 150 Å². The molecule has 1 saturated heterocycles. The Morgan fingerprint density at radius 2 is 2.09 bits per heavy atom. The molecule has 3 N–H and O–H groups in total. The lowest BCUT2D eigenvalue weighted by Gasteiger charge is -2.22. The number of nitrogens with two attached hydrogens (primary N) is 1. The Kier molecular flexibility index (Phi) is 8.36. The lowest BCUT2D eigenvalue weighted by molar-refractivity contribution is 0.0200. The first-order valence-electron chi connectivity index (χ1n) is 7.59. The largest absolute Gasteiger partial charge is 0.377 e. The zero-order chi connectivity index (χ0) is 15.3. The molecule has 0 aromatic carbocycles. The van der Waals surface area contributed by atoms with Crippen LogP contribution in [0.15, 0.2) is 4.99 Å². The van der Waals surface area contributed by atoms with Crippen molar-refractivity contribution in [1.82, 2.24) is 9.62 Å². The molecule has 2 aliphatic rings. The first kappa shape index (κ1) is 19.9. The third-order valence-corrected chi connectivity index (χ3v) is 5.22. The van der Waals surface area contributed by atoms with Crippen molar-refractivity contribution in [2.24, 2.45) is 10.7 Å². The summed E-state index contributed by atoms with van der Waals surface area (Å²) in [5.41, 5.74) is 5.82. The van der Waals surface area contributed by atoms with E-state index in [1.807, 2.05) is 11.9 Å². The van der Waals surface area contributed by atoms with Crippen LogP contribution in [0.25, 0.3) is 0 Å². The maximum absolute atomic E-state index is 11.9. The van der Waals surface area contributed by atoms with Crippen LogP contribution in [0.3, 0.4) is 0 Å². The highest BCUT2D eigenvalue weighted by molar-refractivity contribution is 14.0. The Morgan fingerprint density at radius 1 is 1.36 bits per heavy atom. The van der Waals surface area contributed by atoms with Crippen molar-refractivity contribution in [2.45, 2.75) is 44.2 Å². The zero-order valence-corrected chi connectivity index (χ0v) is 16.2. The van der Waals surface area contributed by atoms with E-state index in [1.54, 1.807) is 0 Å². The average molecular weight is 446 g/mol. The minimum atomic E-state index is -3.32. The number of hydrogen-bond acceptors (Lipinski definition) is 4. The maximum atomic E-state index is 11.9. The average Bonchev–Trinajstić information content (AvgIpc) is 3.30. The van der Waals surface area contributed by atoms with Crippen molar-refractivity contribution in [3.63, 3.8) is 0 Å². The molecule has 0 aromatic heterocycles. The third-order valence-electron chi connectivity index (χ3n) is 3.89. The van der Waals surface area contributed by atoms with Crippen LogP contribution in [0, 0.1) is 0 Å². The van der Waals surface area contributed by atoms with Gasteiger partial charge in [0.15, 0.2) is 5.96 Å². The number of nitrogens with one attached hydrogen (secondary N) is 1. The van der Waals surface area contributed by atoms with Crippen molar-refractivity contribution >= 4 is 40.0 Å². The molecule has 1 heterocycles. The Hall–Kier alpha value is -0.130. The quantitative estimate of drug-likeness (QED) is 0.337. The monoisotopic (exact) mass is 446 g/mol. The summed E-state index contributed by atoms with van der Waals surface area (Å²) in [7, 11) is -1.43. The fourth-order valence-electron chi connectivity index (χ4n) is 2.30. The standard InChI is InChI=1S/C13H26N4O3S.HI/c1-17(11-5-6-11)13(14)15-7-9-21(18,19)16-10-12-4-2-3-8-20-12;/h11-12,16H,2-10H2,1H3,(H2,14,15);1H. The fraction of sp³-hybridized carbons (Fsp3) is 0.923. The minimum Gasteiger partial charge on any atom is -0.377 e. The molecule has 9 heteroatoms. The molecule has 1 saturated carbocycles. The van der Waals surface area contributed by atoms with Crippen LogP contribution in [0.2, 0.25) is 0 Å². The highest BCUT2D eigenvalue weighted by atomic mass is 127. The molecule has 0 bridgehead atoms. The number of hydrogen-bond donors (Lipinski definition) is 2. The van der Waals surface area contributed by atoms with Gasteiger partial charge in [-0.15, -0.1) is 24.0 Å². The molecule has 2 fully saturated rings. The molecule has 130 valence electrons. The van der Waals surface area contributed by atoms with Gasteiger partial charge in [-0.25, -0.2) is 13.1 Å². The molecule has 1 atom stereocenters. The molecular weight excluding hydrogens is 419 g/mol. The summed E-state index contributed by atoms with van der Waals surface area (Å²) in [6, 6.07) is 0.479. The summed E-state index contributed by atoms with van der Waals surface area (Å²) in [5, 5.41) is 0. The second-order valence-electron chi connectivity index (χ2n) is 5.74. The van der Waals surface area contributed by atoms with Gasteiger partial charge in [-0.1, -0.05) is 0 Å². The molecule has 7 nitrogen and oxygen atoms in total. The van der Waals surface area contributed by atoms with E-state index < -0.39 is 10.0 Å². The molecule has 0 amide bonds. The number of guanidine groups is 1. The molecule has 0 radical (unpaired) electrons. The van der Waals surface area contributed by atoms with Gasteiger partial charge in [-0.2, -0.15) is 0 Å². The highest BCUT2D eigenvalue weighted by Crippen LogP contribution is 2.24. The second-order valence-corrected chi connectivity index (χ2v) is 7.66. The molecule has 1 aliphatic heterocycles. The fourth-order valence-corrected chi connectivity index (χ4v) is 3.22. The van der Waals surface area contributed by atoms with E-state index in [0.29, 0.717) is 18.5 Å². The maximum Gasteiger partial charge on any atom is 0.213 e. The van der Waals surface area contributed by atoms with E-state index in [-0.39, 0.29) is 42.4 Å². The van der Waals surface area contributed by atoms with E-state index in [9.17, 15) is 8.42 Å². The van der Waals surface area contributed by atoms with Gasteiger partial charge in [0, 0.05) is 26.2 Å². The molecule has 1 aliphatic carbocycles. The SMILES string of the molecule is CN(C(N)=NCCS(=O)(=O)NCC1CCCCO1)C1CC1.I. The van der Waals surface area contributed by atoms with Crippen molar-refractivity contribution in [2.75, 3.05) is 32.5 Å². The summed E-state index contributed by atoms with van der Waals surface area (Å²) in [5.74, 6) is 0.377. The molecule has 0 spiro atoms. The zero-order valence-electron chi connectivity index (χ0n) is 13.0. The summed E-state index contributed by atoms with van der Waals surface area (Å²) in [6.07, 6.45) is 5.34. The summed E-state index contributed by atoms with van der Waals surface area (Å²) in [4.78, 5) is 6.05. The van der Waals surface area contributed by atoms with Crippen molar-refractivity contribution in [3.8, 4) is 0 Å². The summed E-state index contributed by atoms with van der Waals surface area (Å²) in [6.45, 7) is 1.26. The van der Waals surface area contributed by atoms with Gasteiger partial charge < -0.3 is 15.4 Å². The molecule has 1 unspecified atom stereocenters. The Balaban J connectivity index is 0.00000242. The van der Waals surface area contributed by atoms with Gasteiger partial charge in [-0.3, -0.25) is 4.99 Å². The van der Waals surface area contributed by atoms with Gasteiger partial charge in [0.05, 0.1) is 18.4 Å². The lowest BCUT2D eigenvalue weighted by atomic mass is 10.1. The normalized spacial score (nSPS) is 23.0. The molecular formula is C13H27IN4O3S. The predicted molar refractivity (Wildman–Crippen MR) is 98.1 cm³/mol. The van der Waals surface area contributed by atoms with E-state index in [1.165, 1.54) is 0 Å². The van der Waals surface area contributed by atoms with Crippen LogP contribution in [0.5, 0.6) is 0 Å². The van der Waals surface area contributed by atoms with Gasteiger partial charge in [0.2, 0.25) is 10.0 Å². The smallest absolute Gasteiger partial charge is 0.213 e. The Bertz CT molecular complexity index is 462. The highest BCUT2D eigenvalue weighted by Gasteiger charge is 2.27. The number of aliphatic imine (C=N–C) groups is 1. The number of nitrogens with zero attached hydrogens (tertiary/aromatic N) is 2. The molecule has 2 rings (SSSR count). The number of rotatable bonds is 7. The van der Waals surface area contributed by atoms with Crippen molar-refractivity contribution in [3.05, 3.63) is 0 Å². The summed E-state index contributed by atoms with van der Waals surface area (Å²) >= 11 is 0. The minimum absolute atomic E-state index is 0. The first-order valence-corrected chi connectivity index (χ1v) is 9.25. The first-order chi connectivity index (χ1) is 9.98. The van der Waals surface area contributed by atoms with Crippen LogP contribution in [0.4, 0.5) is 0 Å². The van der Waals surface area contributed by atoms with Crippen LogP contribution in [-0.2, 0) is 14.8 Å². The van der Waals surface area contributed by atoms with Gasteiger partial charge >= 0.3 is 0 Å². The van der Waals surface area contributed by atoms with Crippen LogP contribution >= 0.6 is 24.0 Å². The van der Waals surface area contributed by atoms with Gasteiger partial charge in [-0.05, 0) is 32.1 Å². The molecule has 0 aromatic rings. The number of halogens is 1. The predicted octanol–water partition coefficient (Wildman–Crippen LogP) is 0.502. The molecule has 22 heavy (non-hydrogen) atoms. The topological polar surface area (TPSA) is 97.0 Å². The number of ether oxygens (including phenoxy) is 1. The van der Waals surface area contributed by atoms with Crippen LogP contribution < -0.4 is 10.5 Å². The lowest BCUT2D eigenvalue weighted by Crippen LogP contribution is -2.38. The summed E-state index contributed by atoms with van der Waals surface area (Å²) < 4.78 is 31.9. The van der Waals surface area contributed by atoms with Crippen molar-refractivity contribution in [1.29, 1.82) is 0 Å². The van der Waals surface area contributed by atoms with E-state index in [0.717, 1.165) is 38.7 Å². The van der Waals surface area contributed by atoms with E-state index >= 15 is 0 Å². The van der Waals surface area contributed by atoms with Gasteiger partial charge in [0.1, 0.15) is 0 Å².